The van der Waals surface area contributed by atoms with Crippen LogP contribution >= 0.6 is 11.8 Å². The molecule has 96 valence electrons. The highest BCUT2D eigenvalue weighted by molar-refractivity contribution is 7.98. The average Bonchev–Trinajstić information content (AvgIpc) is 2.30. The van der Waals surface area contributed by atoms with E-state index in [0.29, 0.717) is 12.6 Å². The van der Waals surface area contributed by atoms with E-state index in [-0.39, 0.29) is 11.8 Å². The van der Waals surface area contributed by atoms with Crippen LogP contribution in [0.5, 0.6) is 0 Å². The van der Waals surface area contributed by atoms with Crippen molar-refractivity contribution in [3.8, 4) is 0 Å². The lowest BCUT2D eigenvalue weighted by Gasteiger charge is -2.27. The summed E-state index contributed by atoms with van der Waals surface area (Å²) >= 11 is 1.83. The van der Waals surface area contributed by atoms with Gasteiger partial charge in [0.15, 0.2) is 0 Å². The first-order chi connectivity index (χ1) is 7.54. The summed E-state index contributed by atoms with van der Waals surface area (Å²) in [5, 5.41) is 0. The van der Waals surface area contributed by atoms with Gasteiger partial charge in [0.25, 0.3) is 0 Å². The van der Waals surface area contributed by atoms with E-state index in [9.17, 15) is 4.79 Å². The summed E-state index contributed by atoms with van der Waals surface area (Å²) in [5.74, 6) is 1.46. The molecule has 0 rings (SSSR count). The van der Waals surface area contributed by atoms with Gasteiger partial charge in [0, 0.05) is 19.0 Å². The molecule has 16 heavy (non-hydrogen) atoms. The largest absolute Gasteiger partial charge is 0.343 e. The fraction of sp³-hybridized carbons (Fsp3) is 0.917. The minimum absolute atomic E-state index is 0.102. The third kappa shape index (κ3) is 5.75. The van der Waals surface area contributed by atoms with Gasteiger partial charge in [-0.05, 0) is 44.7 Å². The maximum absolute atomic E-state index is 12.0. The Morgan fingerprint density at radius 3 is 2.50 bits per heavy atom. The zero-order valence-corrected chi connectivity index (χ0v) is 11.8. The molecule has 0 heterocycles. The van der Waals surface area contributed by atoms with E-state index in [4.69, 9.17) is 5.73 Å². The first-order valence-corrected chi connectivity index (χ1v) is 7.39. The van der Waals surface area contributed by atoms with Crippen molar-refractivity contribution >= 4 is 17.7 Å². The van der Waals surface area contributed by atoms with Crippen molar-refractivity contribution in [3.05, 3.63) is 0 Å². The molecule has 0 aliphatic rings. The van der Waals surface area contributed by atoms with Crippen molar-refractivity contribution < 1.29 is 4.79 Å². The summed E-state index contributed by atoms with van der Waals surface area (Å²) < 4.78 is 0. The number of hydrogen-bond acceptors (Lipinski definition) is 3. The van der Waals surface area contributed by atoms with Gasteiger partial charge >= 0.3 is 0 Å². The van der Waals surface area contributed by atoms with Crippen molar-refractivity contribution in [1.29, 1.82) is 0 Å². The van der Waals surface area contributed by atoms with Crippen LogP contribution in [0.25, 0.3) is 0 Å². The second-order valence-corrected chi connectivity index (χ2v) is 5.40. The number of hydrogen-bond donors (Lipinski definition) is 1. The predicted octanol–water partition coefficient (Wildman–Crippen LogP) is 1.96. The van der Waals surface area contributed by atoms with Crippen LogP contribution in [0.3, 0.4) is 0 Å². The van der Waals surface area contributed by atoms with Gasteiger partial charge in [-0.1, -0.05) is 6.92 Å². The highest BCUT2D eigenvalue weighted by Crippen LogP contribution is 2.13. The summed E-state index contributed by atoms with van der Waals surface area (Å²) in [7, 11) is 1.91. The van der Waals surface area contributed by atoms with Crippen molar-refractivity contribution in [2.75, 3.05) is 25.6 Å². The molecule has 0 aromatic rings. The summed E-state index contributed by atoms with van der Waals surface area (Å²) in [6.45, 7) is 4.78. The lowest BCUT2D eigenvalue weighted by molar-refractivity contribution is -0.135. The van der Waals surface area contributed by atoms with Gasteiger partial charge in [-0.2, -0.15) is 11.8 Å². The lowest BCUT2D eigenvalue weighted by atomic mass is 10.0. The number of nitrogens with two attached hydrogens (primary N) is 1. The lowest BCUT2D eigenvalue weighted by Crippen LogP contribution is -2.38. The molecular weight excluding hydrogens is 220 g/mol. The van der Waals surface area contributed by atoms with E-state index < -0.39 is 0 Å². The van der Waals surface area contributed by atoms with Crippen LogP contribution < -0.4 is 5.73 Å². The summed E-state index contributed by atoms with van der Waals surface area (Å²) in [6, 6.07) is 0.334. The second kappa shape index (κ2) is 8.88. The molecule has 4 heteroatoms. The van der Waals surface area contributed by atoms with E-state index >= 15 is 0 Å². The molecule has 2 unspecified atom stereocenters. The Labute approximate surface area is 104 Å². The Kier molecular flexibility index (Phi) is 8.76. The Morgan fingerprint density at radius 1 is 1.38 bits per heavy atom. The van der Waals surface area contributed by atoms with Crippen molar-refractivity contribution in [2.24, 2.45) is 11.7 Å². The van der Waals surface area contributed by atoms with Crippen LogP contribution in [-0.2, 0) is 4.79 Å². The average molecular weight is 246 g/mol. The molecule has 0 aliphatic heterocycles. The van der Waals surface area contributed by atoms with E-state index in [1.165, 1.54) is 0 Å². The molecule has 0 bridgehead atoms. The maximum Gasteiger partial charge on any atom is 0.225 e. The van der Waals surface area contributed by atoms with E-state index in [0.717, 1.165) is 25.0 Å². The molecule has 0 fully saturated rings. The second-order valence-electron chi connectivity index (χ2n) is 4.41. The Hall–Kier alpha value is -0.220. The van der Waals surface area contributed by atoms with E-state index in [1.54, 1.807) is 0 Å². The van der Waals surface area contributed by atoms with Crippen molar-refractivity contribution in [1.82, 2.24) is 4.90 Å². The standard InChI is InChI=1S/C12H26N2OS/c1-10(6-5-8-13)12(15)14(3)11(2)7-9-16-4/h10-11H,5-9,13H2,1-4H3. The molecule has 0 spiro atoms. The number of amides is 1. The predicted molar refractivity (Wildman–Crippen MR) is 72.7 cm³/mol. The number of carbonyl (C=O) groups excluding carboxylic acids is 1. The van der Waals surface area contributed by atoms with Crippen LogP contribution in [0.4, 0.5) is 0 Å². The Balaban J connectivity index is 4.04. The third-order valence-electron chi connectivity index (χ3n) is 3.01. The maximum atomic E-state index is 12.0. The molecule has 0 saturated heterocycles. The van der Waals surface area contributed by atoms with E-state index in [1.807, 2.05) is 30.6 Å². The Morgan fingerprint density at radius 2 is 2.00 bits per heavy atom. The zero-order valence-electron chi connectivity index (χ0n) is 11.0. The number of rotatable bonds is 8. The van der Waals surface area contributed by atoms with Gasteiger partial charge in [0.05, 0.1) is 0 Å². The zero-order chi connectivity index (χ0) is 12.6. The van der Waals surface area contributed by atoms with Gasteiger partial charge in [0.1, 0.15) is 0 Å². The molecule has 2 atom stereocenters. The Bertz CT molecular complexity index is 199. The molecule has 0 saturated carbocycles. The quantitative estimate of drug-likeness (QED) is 0.712. The topological polar surface area (TPSA) is 46.3 Å². The summed E-state index contributed by atoms with van der Waals surface area (Å²) in [6.07, 6.45) is 4.99. The minimum atomic E-state index is 0.102. The fourth-order valence-electron chi connectivity index (χ4n) is 1.59. The molecule has 0 radical (unpaired) electrons. The van der Waals surface area contributed by atoms with Gasteiger partial charge in [-0.3, -0.25) is 4.79 Å². The first-order valence-electron chi connectivity index (χ1n) is 6.00. The van der Waals surface area contributed by atoms with Gasteiger partial charge in [-0.15, -0.1) is 0 Å². The van der Waals surface area contributed by atoms with Gasteiger partial charge in [0.2, 0.25) is 5.91 Å². The number of carbonyl (C=O) groups is 1. The van der Waals surface area contributed by atoms with Crippen LogP contribution in [-0.4, -0.2) is 42.4 Å². The molecule has 1 amide bonds. The molecule has 2 N–H and O–H groups in total. The van der Waals surface area contributed by atoms with Crippen molar-refractivity contribution in [3.63, 3.8) is 0 Å². The highest BCUT2D eigenvalue weighted by Gasteiger charge is 2.20. The minimum Gasteiger partial charge on any atom is -0.343 e. The first kappa shape index (κ1) is 15.8. The third-order valence-corrected chi connectivity index (χ3v) is 3.66. The molecule has 0 aromatic heterocycles. The van der Waals surface area contributed by atoms with Crippen molar-refractivity contribution in [2.45, 2.75) is 39.2 Å². The fourth-order valence-corrected chi connectivity index (χ4v) is 2.17. The smallest absolute Gasteiger partial charge is 0.225 e. The summed E-state index contributed by atoms with van der Waals surface area (Å²) in [5.41, 5.74) is 5.45. The molecule has 0 aromatic carbocycles. The molecule has 0 aliphatic carbocycles. The highest BCUT2D eigenvalue weighted by atomic mass is 32.2. The monoisotopic (exact) mass is 246 g/mol. The van der Waals surface area contributed by atoms with Crippen LogP contribution in [0.15, 0.2) is 0 Å². The number of nitrogens with zero attached hydrogens (tertiary/aromatic N) is 1. The summed E-state index contributed by atoms with van der Waals surface area (Å²) in [4.78, 5) is 13.9. The van der Waals surface area contributed by atoms with Gasteiger partial charge in [-0.25, -0.2) is 0 Å². The molecule has 3 nitrogen and oxygen atoms in total. The molecular formula is C12H26N2OS. The normalized spacial score (nSPS) is 14.6. The van der Waals surface area contributed by atoms with Gasteiger partial charge < -0.3 is 10.6 Å². The van der Waals surface area contributed by atoms with Crippen LogP contribution in [0.1, 0.15) is 33.1 Å². The van der Waals surface area contributed by atoms with Crippen LogP contribution in [0.2, 0.25) is 0 Å². The number of thioether (sulfide) groups is 1. The van der Waals surface area contributed by atoms with Crippen LogP contribution in [0, 0.1) is 5.92 Å². The van der Waals surface area contributed by atoms with E-state index in [2.05, 4.69) is 13.2 Å². The SMILES string of the molecule is CSCCC(C)N(C)C(=O)C(C)CCCN.